The van der Waals surface area contributed by atoms with Gasteiger partial charge in [0.2, 0.25) is 0 Å². The van der Waals surface area contributed by atoms with Crippen LogP contribution >= 0.6 is 23.4 Å². The molecule has 0 saturated heterocycles. The molecule has 0 spiro atoms. The van der Waals surface area contributed by atoms with Crippen LogP contribution in [-0.4, -0.2) is 23.8 Å². The van der Waals surface area contributed by atoms with Crippen molar-refractivity contribution in [2.75, 3.05) is 18.8 Å². The first-order valence-electron chi connectivity index (χ1n) is 4.95. The Morgan fingerprint density at radius 1 is 1.50 bits per heavy atom. The Morgan fingerprint density at radius 3 is 2.78 bits per heavy atom. The molecule has 0 fully saturated rings. The lowest BCUT2D eigenvalue weighted by Gasteiger charge is -2.08. The third-order valence-electron chi connectivity index (χ3n) is 1.88. The Bertz CT molecular complexity index is 443. The van der Waals surface area contributed by atoms with E-state index in [0.29, 0.717) is 23.9 Å². The summed E-state index contributed by atoms with van der Waals surface area (Å²) in [6.07, 6.45) is 1.40. The van der Waals surface area contributed by atoms with Crippen LogP contribution in [0.1, 0.15) is 5.56 Å². The molecule has 0 aromatic carbocycles. The van der Waals surface area contributed by atoms with Gasteiger partial charge in [-0.05, 0) is 6.07 Å². The molecule has 0 aliphatic heterocycles. The fourth-order valence-corrected chi connectivity index (χ4v) is 2.16. The van der Waals surface area contributed by atoms with Crippen molar-refractivity contribution in [1.29, 1.82) is 0 Å². The van der Waals surface area contributed by atoms with E-state index in [0.717, 1.165) is 12.3 Å². The van der Waals surface area contributed by atoms with Crippen LogP contribution in [0.2, 0.25) is 5.02 Å². The summed E-state index contributed by atoms with van der Waals surface area (Å²) in [5.41, 5.74) is -0.845. The maximum absolute atomic E-state index is 12.4. The fourth-order valence-electron chi connectivity index (χ4n) is 1.07. The highest BCUT2D eigenvalue weighted by atomic mass is 35.5. The Labute approximate surface area is 112 Å². The van der Waals surface area contributed by atoms with Gasteiger partial charge >= 0.3 is 6.18 Å². The maximum Gasteiger partial charge on any atom is 0.417 e. The summed E-state index contributed by atoms with van der Waals surface area (Å²) in [4.78, 5) is 3.71. The number of pyridine rings is 1. The standard InChI is InChI=1S/C11H10ClF3N2S/c1-2-3-16-4-5-18-10-9(12)6-8(7-17-10)11(13,14)15/h1,6-7,16H,3-5H2. The van der Waals surface area contributed by atoms with Gasteiger partial charge in [-0.25, -0.2) is 4.98 Å². The van der Waals surface area contributed by atoms with Gasteiger partial charge in [0.1, 0.15) is 5.03 Å². The third kappa shape index (κ3) is 4.77. The maximum atomic E-state index is 12.4. The Hall–Kier alpha value is -0.900. The molecule has 1 rings (SSSR count). The van der Waals surface area contributed by atoms with Crippen LogP contribution in [0.3, 0.4) is 0 Å². The van der Waals surface area contributed by atoms with E-state index in [2.05, 4.69) is 16.2 Å². The number of nitrogens with one attached hydrogen (secondary N) is 1. The van der Waals surface area contributed by atoms with E-state index < -0.39 is 11.7 Å². The molecule has 18 heavy (non-hydrogen) atoms. The van der Waals surface area contributed by atoms with E-state index in [1.54, 1.807) is 0 Å². The van der Waals surface area contributed by atoms with Crippen molar-refractivity contribution in [2.45, 2.75) is 11.2 Å². The molecular weight excluding hydrogens is 285 g/mol. The SMILES string of the molecule is C#CCNCCSc1ncc(C(F)(F)F)cc1Cl. The highest BCUT2D eigenvalue weighted by Crippen LogP contribution is 2.33. The summed E-state index contributed by atoms with van der Waals surface area (Å²) in [6.45, 7) is 1.09. The summed E-state index contributed by atoms with van der Waals surface area (Å²) < 4.78 is 37.1. The van der Waals surface area contributed by atoms with Gasteiger partial charge in [0.15, 0.2) is 0 Å². The summed E-state index contributed by atoms with van der Waals surface area (Å²) in [5, 5.41) is 3.34. The molecule has 0 atom stereocenters. The second-order valence-corrected chi connectivity index (χ2v) is 4.73. The molecule has 2 nitrogen and oxygen atoms in total. The smallest absolute Gasteiger partial charge is 0.305 e. The van der Waals surface area contributed by atoms with E-state index in [-0.39, 0.29) is 5.02 Å². The number of terminal acetylenes is 1. The molecule has 1 heterocycles. The summed E-state index contributed by atoms with van der Waals surface area (Å²) >= 11 is 7.01. The van der Waals surface area contributed by atoms with Crippen molar-refractivity contribution in [2.24, 2.45) is 0 Å². The first-order valence-corrected chi connectivity index (χ1v) is 6.31. The molecule has 0 aliphatic rings. The molecular formula is C11H10ClF3N2S. The number of hydrogen-bond acceptors (Lipinski definition) is 3. The first-order chi connectivity index (χ1) is 8.45. The van der Waals surface area contributed by atoms with Gasteiger partial charge in [-0.15, -0.1) is 18.2 Å². The molecule has 1 aromatic rings. The fraction of sp³-hybridized carbons (Fsp3) is 0.364. The number of aromatic nitrogens is 1. The lowest BCUT2D eigenvalue weighted by molar-refractivity contribution is -0.137. The number of alkyl halides is 3. The highest BCUT2D eigenvalue weighted by Gasteiger charge is 2.31. The van der Waals surface area contributed by atoms with Crippen LogP contribution < -0.4 is 5.32 Å². The van der Waals surface area contributed by atoms with Gasteiger partial charge in [0.05, 0.1) is 17.1 Å². The normalized spacial score (nSPS) is 11.3. The highest BCUT2D eigenvalue weighted by molar-refractivity contribution is 7.99. The van der Waals surface area contributed by atoms with E-state index >= 15 is 0 Å². The molecule has 98 valence electrons. The summed E-state index contributed by atoms with van der Waals surface area (Å²) in [5.74, 6) is 3.04. The quantitative estimate of drug-likeness (QED) is 0.513. The molecule has 1 N–H and O–H groups in total. The predicted octanol–water partition coefficient (Wildman–Crippen LogP) is 3.07. The molecule has 0 unspecified atom stereocenters. The zero-order valence-corrected chi connectivity index (χ0v) is 10.8. The molecule has 0 bridgehead atoms. The Balaban J connectivity index is 2.56. The van der Waals surface area contributed by atoms with Crippen molar-refractivity contribution in [3.05, 3.63) is 22.8 Å². The van der Waals surface area contributed by atoms with Gasteiger partial charge < -0.3 is 5.32 Å². The van der Waals surface area contributed by atoms with Crippen LogP contribution in [-0.2, 0) is 6.18 Å². The topological polar surface area (TPSA) is 24.9 Å². The second kappa shape index (κ2) is 6.88. The first kappa shape index (κ1) is 15.2. The van der Waals surface area contributed by atoms with E-state index in [9.17, 15) is 13.2 Å². The number of halogens is 4. The van der Waals surface area contributed by atoms with Crippen LogP contribution in [0.5, 0.6) is 0 Å². The molecule has 0 radical (unpaired) electrons. The lowest BCUT2D eigenvalue weighted by atomic mass is 10.3. The summed E-state index contributed by atoms with van der Waals surface area (Å²) in [7, 11) is 0. The van der Waals surface area contributed by atoms with Crippen LogP contribution in [0, 0.1) is 12.3 Å². The van der Waals surface area contributed by atoms with Gasteiger partial charge in [-0.3, -0.25) is 0 Å². The van der Waals surface area contributed by atoms with Crippen molar-refractivity contribution < 1.29 is 13.2 Å². The number of hydrogen-bond donors (Lipinski definition) is 1. The number of thioether (sulfide) groups is 1. The van der Waals surface area contributed by atoms with Crippen molar-refractivity contribution in [3.8, 4) is 12.3 Å². The van der Waals surface area contributed by atoms with Crippen molar-refractivity contribution in [1.82, 2.24) is 10.3 Å². The van der Waals surface area contributed by atoms with Crippen molar-refractivity contribution in [3.63, 3.8) is 0 Å². The average Bonchev–Trinajstić information content (AvgIpc) is 2.29. The second-order valence-electron chi connectivity index (χ2n) is 3.24. The van der Waals surface area contributed by atoms with Crippen LogP contribution in [0.15, 0.2) is 17.3 Å². The van der Waals surface area contributed by atoms with Gasteiger partial charge in [0.25, 0.3) is 0 Å². The van der Waals surface area contributed by atoms with Gasteiger partial charge in [-0.1, -0.05) is 17.5 Å². The van der Waals surface area contributed by atoms with E-state index in [1.165, 1.54) is 11.8 Å². The largest absolute Gasteiger partial charge is 0.417 e. The number of nitrogens with zero attached hydrogens (tertiary/aromatic N) is 1. The predicted molar refractivity (Wildman–Crippen MR) is 66.7 cm³/mol. The van der Waals surface area contributed by atoms with E-state index in [1.807, 2.05) is 0 Å². The minimum atomic E-state index is -4.42. The van der Waals surface area contributed by atoms with Crippen molar-refractivity contribution >= 4 is 23.4 Å². The molecule has 7 heteroatoms. The van der Waals surface area contributed by atoms with E-state index in [4.69, 9.17) is 18.0 Å². The molecule has 1 aromatic heterocycles. The average molecular weight is 295 g/mol. The summed E-state index contributed by atoms with van der Waals surface area (Å²) in [6, 6.07) is 0.881. The monoisotopic (exact) mass is 294 g/mol. The zero-order valence-electron chi connectivity index (χ0n) is 9.22. The number of rotatable bonds is 5. The zero-order chi connectivity index (χ0) is 13.6. The Kier molecular flexibility index (Phi) is 5.79. The molecule has 0 amide bonds. The van der Waals surface area contributed by atoms with Gasteiger partial charge in [0, 0.05) is 18.5 Å². The molecule has 0 aliphatic carbocycles. The third-order valence-corrected chi connectivity index (χ3v) is 3.29. The minimum Gasteiger partial charge on any atom is -0.305 e. The molecule has 0 saturated carbocycles. The van der Waals surface area contributed by atoms with Crippen LogP contribution in [0.25, 0.3) is 0 Å². The Morgan fingerprint density at radius 2 is 2.22 bits per heavy atom. The van der Waals surface area contributed by atoms with Crippen LogP contribution in [0.4, 0.5) is 13.2 Å². The van der Waals surface area contributed by atoms with Gasteiger partial charge in [-0.2, -0.15) is 13.2 Å². The minimum absolute atomic E-state index is 0.00627. The lowest BCUT2D eigenvalue weighted by Crippen LogP contribution is -2.17.